The van der Waals surface area contributed by atoms with E-state index in [0.717, 1.165) is 7.21 Å². The van der Waals surface area contributed by atoms with E-state index in [0.29, 0.717) is 0 Å². The average molecular weight is 126 g/mol. The summed E-state index contributed by atoms with van der Waals surface area (Å²) in [5, 5.41) is 17.4. The van der Waals surface area contributed by atoms with Gasteiger partial charge in [0.25, 0.3) is 0 Å². The van der Waals surface area contributed by atoms with Crippen LogP contribution < -0.4 is 5.84 Å². The summed E-state index contributed by atoms with van der Waals surface area (Å²) in [6, 6.07) is 0. The third-order valence-corrected chi connectivity index (χ3v) is 0.303. The van der Waals surface area contributed by atoms with Gasteiger partial charge < -0.3 is 0 Å². The summed E-state index contributed by atoms with van der Waals surface area (Å²) in [4.78, 5) is 0. The molecule has 0 atom stereocenters. The van der Waals surface area contributed by atoms with Crippen LogP contribution >= 0.6 is 0 Å². The molecule has 0 spiro atoms. The van der Waals surface area contributed by atoms with Gasteiger partial charge in [-0.15, -0.1) is 0 Å². The Morgan fingerprint density at radius 1 is 1.33 bits per heavy atom. The zero-order valence-corrected chi connectivity index (χ0v) is 4.34. The standard InChI is InChI=1S/BH3N8/c2-6-8-4-1-5-9-7-3/h2H,(H2,3,9). The van der Waals surface area contributed by atoms with Crippen molar-refractivity contribution in [3.05, 3.63) is 0 Å². The third-order valence-electron chi connectivity index (χ3n) is 0.303. The van der Waals surface area contributed by atoms with Gasteiger partial charge in [0.2, 0.25) is 0 Å². The van der Waals surface area contributed by atoms with Gasteiger partial charge in [0.15, 0.2) is 0 Å². The molecule has 0 aliphatic carbocycles. The zero-order valence-electron chi connectivity index (χ0n) is 4.34. The normalized spacial score (nSPS) is 11.1. The van der Waals surface area contributed by atoms with Gasteiger partial charge in [-0.2, -0.15) is 0 Å². The fraction of sp³-hybridized carbons (Fsp3) is 0. The van der Waals surface area contributed by atoms with E-state index >= 15 is 0 Å². The second-order valence-electron chi connectivity index (χ2n) is 0.741. The van der Waals surface area contributed by atoms with E-state index in [9.17, 15) is 0 Å². The van der Waals surface area contributed by atoms with Crippen LogP contribution in [0.2, 0.25) is 0 Å². The first-order valence-electron chi connectivity index (χ1n) is 1.80. The molecule has 0 radical (unpaired) electrons. The van der Waals surface area contributed by atoms with Crippen LogP contribution in [0.1, 0.15) is 0 Å². The predicted octanol–water partition coefficient (Wildman–Crippen LogP) is 0.428. The van der Waals surface area contributed by atoms with Crippen molar-refractivity contribution >= 4 is 7.21 Å². The number of nitrogens with zero attached hydrogens (tertiary/aromatic N) is 6. The maximum absolute atomic E-state index is 6.11. The van der Waals surface area contributed by atoms with Gasteiger partial charge in [-0.25, -0.2) is 0 Å². The molecule has 0 aromatic heterocycles. The van der Waals surface area contributed by atoms with Gasteiger partial charge in [-0.1, -0.05) is 0 Å². The Morgan fingerprint density at radius 2 is 2.11 bits per heavy atom. The third kappa shape index (κ3) is 6.46. The van der Waals surface area contributed by atoms with Gasteiger partial charge in [0, 0.05) is 0 Å². The van der Waals surface area contributed by atoms with E-state index in [1.165, 1.54) is 0 Å². The topological polar surface area (TPSA) is 124 Å². The summed E-state index contributed by atoms with van der Waals surface area (Å²) in [6.45, 7) is 0. The first-order chi connectivity index (χ1) is 4.41. The molecule has 0 rings (SSSR count). The van der Waals surface area contributed by atoms with E-state index in [2.05, 4.69) is 36.8 Å². The Kier molecular flexibility index (Phi) is 5.36. The van der Waals surface area contributed by atoms with Crippen LogP contribution in [-0.2, 0) is 0 Å². The minimum absolute atomic E-state index is 0.953. The fourth-order valence-electron chi connectivity index (χ4n) is 0.125. The first-order valence-corrected chi connectivity index (χ1v) is 1.80. The molecule has 9 heavy (non-hydrogen) atoms. The summed E-state index contributed by atoms with van der Waals surface area (Å²) in [7, 11) is 0.953. The number of nitrogens with one attached hydrogen (secondary N) is 1. The summed E-state index contributed by atoms with van der Waals surface area (Å²) in [5.41, 5.74) is 6.11. The van der Waals surface area contributed by atoms with Crippen molar-refractivity contribution in [3.63, 3.8) is 0 Å². The molecule has 0 saturated heterocycles. The van der Waals surface area contributed by atoms with Gasteiger partial charge in [0.05, 0.1) is 0 Å². The van der Waals surface area contributed by atoms with Crippen LogP contribution in [-0.4, -0.2) is 7.21 Å². The summed E-state index contributed by atoms with van der Waals surface area (Å²) in [6.07, 6.45) is 0. The van der Waals surface area contributed by atoms with E-state index in [4.69, 9.17) is 5.53 Å². The molecule has 0 aliphatic heterocycles. The molecule has 0 fully saturated rings. The Bertz CT molecular complexity index is 141. The molecule has 0 aromatic rings. The van der Waals surface area contributed by atoms with Crippen LogP contribution in [0.3, 0.4) is 0 Å². The number of nitrogens with two attached hydrogens (primary N) is 1. The van der Waals surface area contributed by atoms with Crippen LogP contribution in [0.4, 0.5) is 0 Å². The van der Waals surface area contributed by atoms with E-state index < -0.39 is 0 Å². The van der Waals surface area contributed by atoms with Crippen molar-refractivity contribution in [3.8, 4) is 0 Å². The molecule has 46 valence electrons. The molecule has 9 heteroatoms. The van der Waals surface area contributed by atoms with E-state index in [-0.39, 0.29) is 0 Å². The molecular weight excluding hydrogens is 123 g/mol. The molecule has 0 unspecified atom stereocenters. The number of hydrogen-bond acceptors (Lipinski definition) is 3. The van der Waals surface area contributed by atoms with Crippen LogP contribution in [0.15, 0.2) is 30.9 Å². The molecule has 3 N–H and O–H groups in total. The summed E-state index contributed by atoms with van der Waals surface area (Å²) >= 11 is 0. The van der Waals surface area contributed by atoms with Crippen LogP contribution in [0, 0.1) is 5.53 Å². The SMILES string of the molecule is N=NN=NB=N/N=N/N. The molecule has 0 saturated carbocycles. The molecule has 0 bridgehead atoms. The van der Waals surface area contributed by atoms with Crippen molar-refractivity contribution in [1.82, 2.24) is 0 Å². The Hall–Kier alpha value is -1.54. The Labute approximate surface area is 50.7 Å². The number of hydrogen-bond donors (Lipinski definition) is 2. The maximum atomic E-state index is 6.11. The zero-order chi connectivity index (χ0) is 6.95. The predicted molar refractivity (Wildman–Crippen MR) is 27.2 cm³/mol. The van der Waals surface area contributed by atoms with Crippen LogP contribution in [0.25, 0.3) is 0 Å². The monoisotopic (exact) mass is 126 g/mol. The van der Waals surface area contributed by atoms with E-state index in [1.54, 1.807) is 0 Å². The molecule has 0 heterocycles. The van der Waals surface area contributed by atoms with Gasteiger partial charge in [-0.3, -0.25) is 0 Å². The second kappa shape index (κ2) is 6.46. The second-order valence-corrected chi connectivity index (χ2v) is 0.741. The van der Waals surface area contributed by atoms with Gasteiger partial charge >= 0.3 is 49.5 Å². The molecule has 8 nitrogen and oxygen atoms in total. The summed E-state index contributed by atoms with van der Waals surface area (Å²) < 4.78 is 0. The van der Waals surface area contributed by atoms with Crippen molar-refractivity contribution in [1.29, 1.82) is 5.53 Å². The quantitative estimate of drug-likeness (QED) is 0.242. The Balaban J connectivity index is 3.46. The van der Waals surface area contributed by atoms with Crippen LogP contribution in [0.5, 0.6) is 0 Å². The Morgan fingerprint density at radius 3 is 2.67 bits per heavy atom. The first kappa shape index (κ1) is 7.46. The fourth-order valence-corrected chi connectivity index (χ4v) is 0.125. The van der Waals surface area contributed by atoms with Crippen molar-refractivity contribution in [2.24, 2.45) is 36.8 Å². The average Bonchev–Trinajstić information content (AvgIpc) is 1.89. The summed E-state index contributed by atoms with van der Waals surface area (Å²) in [5.74, 6) is 4.56. The van der Waals surface area contributed by atoms with Gasteiger partial charge in [0.1, 0.15) is 0 Å². The molecule has 0 amide bonds. The molecular formula is H3BN8. The number of rotatable bonds is 3. The van der Waals surface area contributed by atoms with E-state index in [1.807, 2.05) is 0 Å². The van der Waals surface area contributed by atoms with Crippen molar-refractivity contribution in [2.75, 3.05) is 0 Å². The van der Waals surface area contributed by atoms with Crippen molar-refractivity contribution < 1.29 is 0 Å². The van der Waals surface area contributed by atoms with Gasteiger partial charge in [-0.05, 0) is 0 Å². The van der Waals surface area contributed by atoms with Crippen molar-refractivity contribution in [2.45, 2.75) is 0 Å². The molecule has 0 aliphatic rings. The minimum atomic E-state index is 0.953. The molecule has 0 aromatic carbocycles.